The van der Waals surface area contributed by atoms with Crippen LogP contribution in [0.3, 0.4) is 0 Å². The van der Waals surface area contributed by atoms with Gasteiger partial charge in [-0.15, -0.1) is 0 Å². The second-order valence-electron chi connectivity index (χ2n) is 32.7. The molecular weight excluding hydrogens is 1490 g/mol. The molecule has 0 saturated heterocycles. The summed E-state index contributed by atoms with van der Waals surface area (Å²) in [5.41, 5.74) is 34.3. The van der Waals surface area contributed by atoms with Gasteiger partial charge in [-0.1, -0.05) is 467 Å². The molecule has 24 aromatic rings. The summed E-state index contributed by atoms with van der Waals surface area (Å²) in [6.45, 7) is 0. The molecule has 0 bridgehead atoms. The van der Waals surface area contributed by atoms with Gasteiger partial charge in [0.05, 0.1) is 0 Å². The van der Waals surface area contributed by atoms with E-state index in [-0.39, 0.29) is 0 Å². The molecule has 0 heteroatoms. The van der Waals surface area contributed by atoms with Crippen LogP contribution in [0.1, 0.15) is 0 Å². The Morgan fingerprint density at radius 1 is 0.0806 bits per heavy atom. The quantitative estimate of drug-likeness (QED) is 0.0952. The summed E-state index contributed by atoms with van der Waals surface area (Å²) in [6.07, 6.45) is 0. The van der Waals surface area contributed by atoms with E-state index in [1.165, 1.54) is 242 Å². The van der Waals surface area contributed by atoms with Gasteiger partial charge in [-0.2, -0.15) is 0 Å². The third-order valence-electron chi connectivity index (χ3n) is 25.8. The van der Waals surface area contributed by atoms with Crippen LogP contribution in [0.2, 0.25) is 0 Å². The number of rotatable bonds is 14. The number of hydrogen-bond donors (Lipinski definition) is 0. The minimum absolute atomic E-state index is 1.20. The van der Waals surface area contributed by atoms with E-state index in [1.807, 2.05) is 0 Å². The van der Waals surface area contributed by atoms with Gasteiger partial charge in [0.2, 0.25) is 0 Å². The molecule has 0 aliphatic rings. The maximum atomic E-state index is 2.47. The Morgan fingerprint density at radius 3 is 0.710 bits per heavy atom. The van der Waals surface area contributed by atoms with Crippen molar-refractivity contribution in [3.8, 4) is 156 Å². The third kappa shape index (κ3) is 13.0. The normalized spacial score (nSPS) is 11.5. The van der Waals surface area contributed by atoms with Crippen molar-refractivity contribution in [2.24, 2.45) is 0 Å². The highest BCUT2D eigenvalue weighted by Crippen LogP contribution is 2.53. The molecule has 0 aliphatic heterocycles. The lowest BCUT2D eigenvalue weighted by atomic mass is 9.81. The monoisotopic (exact) mass is 1570 g/mol. The van der Waals surface area contributed by atoms with Gasteiger partial charge >= 0.3 is 0 Å². The Kier molecular flexibility index (Phi) is 18.4. The van der Waals surface area contributed by atoms with E-state index in [0.29, 0.717) is 0 Å². The maximum absolute atomic E-state index is 2.47. The molecule has 0 amide bonds. The predicted molar refractivity (Wildman–Crippen MR) is 531 cm³/mol. The van der Waals surface area contributed by atoms with Gasteiger partial charge in [0, 0.05) is 0 Å². The zero-order chi connectivity index (χ0) is 82.0. The zero-order valence-corrected chi connectivity index (χ0v) is 68.2. The Balaban J connectivity index is 0.000000143. The highest BCUT2D eigenvalue weighted by atomic mass is 14.3. The van der Waals surface area contributed by atoms with Crippen LogP contribution < -0.4 is 0 Å². The Labute approximate surface area is 722 Å². The van der Waals surface area contributed by atoms with Crippen molar-refractivity contribution in [1.82, 2.24) is 0 Å². The number of hydrogen-bond acceptors (Lipinski definition) is 0. The summed E-state index contributed by atoms with van der Waals surface area (Å²) in [5, 5.41) is 20.3. The van der Waals surface area contributed by atoms with E-state index in [4.69, 9.17) is 0 Å². The van der Waals surface area contributed by atoms with Crippen LogP contribution in [0.15, 0.2) is 485 Å². The molecule has 24 rings (SSSR count). The fraction of sp³-hybridized carbons (Fsp3) is 0. The number of fused-ring (bicyclic) bond motifs is 2. The summed E-state index contributed by atoms with van der Waals surface area (Å²) in [6, 6.07) is 179. The average Bonchev–Trinajstić information content (AvgIpc) is 0.714. The van der Waals surface area contributed by atoms with Gasteiger partial charge in [-0.25, -0.2) is 0 Å². The summed E-state index contributed by atoms with van der Waals surface area (Å²) >= 11 is 0. The molecule has 24 aromatic carbocycles. The lowest BCUT2D eigenvalue weighted by molar-refractivity contribution is 1.58. The van der Waals surface area contributed by atoms with E-state index < -0.39 is 0 Å². The first kappa shape index (κ1) is 73.1. The van der Waals surface area contributed by atoms with E-state index in [2.05, 4.69) is 485 Å². The molecule has 0 spiro atoms. The summed E-state index contributed by atoms with van der Waals surface area (Å²) < 4.78 is 0. The molecule has 576 valence electrons. The van der Waals surface area contributed by atoms with Crippen LogP contribution in [-0.2, 0) is 0 Å². The van der Waals surface area contributed by atoms with Crippen molar-refractivity contribution in [1.29, 1.82) is 0 Å². The molecule has 0 radical (unpaired) electrons. The minimum Gasteiger partial charge on any atom is -0.0622 e. The SMILES string of the molecule is c1ccc(-c2ccc(-c3ccccc3-c3ccc4ccc5c(-c6ccccc6-c6ccc(-c7ccccc7)cc6)cc(-c6ccc7ccccc7c6)c6ccc3c4c65)cc2)cc1.c1ccc(-c2ccc(-c3ccccc3-c3ccc4ccc5c(-c6ccccc6-c6ccc(-c7ccccc7)cc6)cc(-c6cccc7ccccc67)c6ccc3c4c56)cc2)cc1. The van der Waals surface area contributed by atoms with Crippen molar-refractivity contribution >= 4 is 86.2 Å². The van der Waals surface area contributed by atoms with E-state index >= 15 is 0 Å². The summed E-state index contributed by atoms with van der Waals surface area (Å²) in [5.74, 6) is 0. The smallest absolute Gasteiger partial charge is 0.00141 e. The molecule has 0 saturated carbocycles. The molecule has 0 unspecified atom stereocenters. The van der Waals surface area contributed by atoms with E-state index in [0.717, 1.165) is 0 Å². The standard InChI is InChI=1S/2C62H40/c1-3-14-41(15-4-1)43-26-30-46(31-27-43)50-21-9-11-23-52(50)55-36-34-48-35-37-57-59(53-24-12-10-22-51(53)47-32-28-44(29-33-47)42-16-5-2-6-17-42)40-60(58-39-38-56(55)61(48)62(57)58)54-25-13-19-45-18-7-8-20-49(45)54;1-3-13-41(14-4-1)44-23-28-46(29-24-44)51-19-9-11-21-53(51)55-35-33-48-34-36-58-60(54-22-12-10-20-52(54)47-30-25-45(26-31-47)42-15-5-2-6-16-42)40-59(57-38-37-56(55)61(48)62(57)58)50-32-27-43-17-7-8-18-49(43)39-50/h2*1-40H. The Bertz CT molecular complexity index is 8120. The number of benzene rings is 24. The van der Waals surface area contributed by atoms with Crippen LogP contribution in [0.4, 0.5) is 0 Å². The first-order chi connectivity index (χ1) is 61.5. The summed E-state index contributed by atoms with van der Waals surface area (Å²) in [7, 11) is 0. The van der Waals surface area contributed by atoms with Crippen LogP contribution in [0, 0.1) is 0 Å². The predicted octanol–water partition coefficient (Wildman–Crippen LogP) is 34.8. The maximum Gasteiger partial charge on any atom is -0.00141 e. The largest absolute Gasteiger partial charge is 0.0622 e. The molecule has 0 aliphatic carbocycles. The van der Waals surface area contributed by atoms with Gasteiger partial charge in [0.1, 0.15) is 0 Å². The van der Waals surface area contributed by atoms with Crippen LogP contribution in [0.5, 0.6) is 0 Å². The fourth-order valence-corrected chi connectivity index (χ4v) is 19.8. The lowest BCUT2D eigenvalue weighted by Gasteiger charge is -2.22. The van der Waals surface area contributed by atoms with Crippen molar-refractivity contribution in [2.75, 3.05) is 0 Å². The van der Waals surface area contributed by atoms with Crippen LogP contribution in [-0.4, -0.2) is 0 Å². The zero-order valence-electron chi connectivity index (χ0n) is 68.2. The van der Waals surface area contributed by atoms with Crippen LogP contribution >= 0.6 is 0 Å². The fourth-order valence-electron chi connectivity index (χ4n) is 19.8. The minimum atomic E-state index is 1.20. The van der Waals surface area contributed by atoms with Gasteiger partial charge < -0.3 is 0 Å². The van der Waals surface area contributed by atoms with Crippen molar-refractivity contribution < 1.29 is 0 Å². The molecule has 0 N–H and O–H groups in total. The van der Waals surface area contributed by atoms with Gasteiger partial charge in [0.25, 0.3) is 0 Å². The van der Waals surface area contributed by atoms with Crippen molar-refractivity contribution in [2.45, 2.75) is 0 Å². The highest BCUT2D eigenvalue weighted by Gasteiger charge is 2.25. The topological polar surface area (TPSA) is 0 Å². The van der Waals surface area contributed by atoms with E-state index in [9.17, 15) is 0 Å². The third-order valence-corrected chi connectivity index (χ3v) is 25.8. The summed E-state index contributed by atoms with van der Waals surface area (Å²) in [4.78, 5) is 0. The molecule has 0 nitrogen and oxygen atoms in total. The Morgan fingerprint density at radius 2 is 0.315 bits per heavy atom. The van der Waals surface area contributed by atoms with Gasteiger partial charge in [-0.3, -0.25) is 0 Å². The second-order valence-corrected chi connectivity index (χ2v) is 32.7. The van der Waals surface area contributed by atoms with Crippen molar-refractivity contribution in [3.63, 3.8) is 0 Å². The van der Waals surface area contributed by atoms with Gasteiger partial charge in [-0.05, 0) is 260 Å². The molecule has 0 atom stereocenters. The van der Waals surface area contributed by atoms with Gasteiger partial charge in [0.15, 0.2) is 0 Å². The molecular formula is C124H80. The molecule has 124 heavy (non-hydrogen) atoms. The van der Waals surface area contributed by atoms with E-state index in [1.54, 1.807) is 0 Å². The lowest BCUT2D eigenvalue weighted by Crippen LogP contribution is -1.94. The second kappa shape index (κ2) is 31.2. The Hall–Kier alpha value is -16.1. The highest BCUT2D eigenvalue weighted by molar-refractivity contribution is 6.33. The first-order valence-electron chi connectivity index (χ1n) is 43.0. The molecule has 0 heterocycles. The average molecular weight is 1570 g/mol. The molecule has 0 aromatic heterocycles. The molecule has 0 fully saturated rings. The van der Waals surface area contributed by atoms with Crippen molar-refractivity contribution in [3.05, 3.63) is 485 Å². The van der Waals surface area contributed by atoms with Crippen LogP contribution in [0.25, 0.3) is 242 Å². The first-order valence-corrected chi connectivity index (χ1v) is 43.0.